The summed E-state index contributed by atoms with van der Waals surface area (Å²) in [5, 5.41) is 39.0. The van der Waals surface area contributed by atoms with Gasteiger partial charge in [0, 0.05) is 31.0 Å². The summed E-state index contributed by atoms with van der Waals surface area (Å²) in [6.45, 7) is 0. The van der Waals surface area contributed by atoms with Gasteiger partial charge in [0.25, 0.3) is 5.91 Å². The van der Waals surface area contributed by atoms with Crippen LogP contribution in [-0.4, -0.2) is 78.0 Å². The molecule has 7 N–H and O–H groups in total. The largest absolute Gasteiger partial charge is 0.510 e. The number of ketones is 2. The number of hydrogen-bond acceptors (Lipinski definition) is 9. The summed E-state index contributed by atoms with van der Waals surface area (Å²) in [6.07, 6.45) is 0.482. The Balaban J connectivity index is 1.60. The van der Waals surface area contributed by atoms with Crippen LogP contribution < -0.4 is 21.3 Å². The summed E-state index contributed by atoms with van der Waals surface area (Å²) in [5.41, 5.74) is 6.44. The van der Waals surface area contributed by atoms with Crippen molar-refractivity contribution < 1.29 is 34.5 Å². The number of fused-ring (bicyclic) bond motifs is 3. The van der Waals surface area contributed by atoms with Crippen LogP contribution in [-0.2, 0) is 20.8 Å². The third-order valence-corrected chi connectivity index (χ3v) is 8.30. The Hall–Kier alpha value is -4.84. The normalized spacial score (nSPS) is 23.3. The average Bonchev–Trinajstić information content (AvgIpc) is 2.89. The van der Waals surface area contributed by atoms with Gasteiger partial charge in [-0.3, -0.25) is 19.3 Å². The molecule has 2 aromatic rings. The van der Waals surface area contributed by atoms with E-state index in [9.17, 15) is 34.5 Å². The van der Waals surface area contributed by atoms with E-state index in [0.717, 1.165) is 0 Å². The Kier molecular flexibility index (Phi) is 7.19. The van der Waals surface area contributed by atoms with Gasteiger partial charge in [0.2, 0.25) is 0 Å². The molecule has 1 saturated carbocycles. The van der Waals surface area contributed by atoms with Crippen molar-refractivity contribution in [2.24, 2.45) is 23.5 Å². The van der Waals surface area contributed by atoms with Gasteiger partial charge in [0.1, 0.15) is 17.1 Å². The number of carbonyl (C=O) groups is 4. The highest BCUT2D eigenvalue weighted by atomic mass is 16.3. The van der Waals surface area contributed by atoms with Gasteiger partial charge in [0.05, 0.1) is 23.2 Å². The number of nitrogens with one attached hydrogen (secondary N) is 2. The van der Waals surface area contributed by atoms with Crippen LogP contribution in [0.5, 0.6) is 5.75 Å². The number of amides is 3. The number of aliphatic hydroxyl groups excluding tert-OH is 2. The molecular weight excluding hydrogens is 542 g/mol. The third kappa shape index (κ3) is 4.53. The van der Waals surface area contributed by atoms with Crippen LogP contribution in [0.15, 0.2) is 53.3 Å². The number of benzene rings is 2. The van der Waals surface area contributed by atoms with Crippen molar-refractivity contribution in [3.05, 3.63) is 64.4 Å². The minimum absolute atomic E-state index is 0.00269. The molecule has 0 spiro atoms. The second-order valence-electron chi connectivity index (χ2n) is 11.3. The van der Waals surface area contributed by atoms with E-state index in [1.165, 1.54) is 0 Å². The summed E-state index contributed by atoms with van der Waals surface area (Å²) in [4.78, 5) is 55.7. The molecule has 12 nitrogen and oxygen atoms in total. The van der Waals surface area contributed by atoms with E-state index >= 15 is 0 Å². The number of likely N-dealkylation sites (N-methyl/N-ethyl adjacent to an activating group) is 1. The molecule has 12 heteroatoms. The van der Waals surface area contributed by atoms with Crippen LogP contribution in [0.2, 0.25) is 0 Å². The molecule has 1 fully saturated rings. The van der Waals surface area contributed by atoms with Crippen LogP contribution in [0.4, 0.5) is 21.9 Å². The summed E-state index contributed by atoms with van der Waals surface area (Å²) in [5.74, 6) is -6.66. The number of phenolic OH excluding ortho intramolecular Hbond substituents is 1. The van der Waals surface area contributed by atoms with E-state index < -0.39 is 70.1 Å². The lowest BCUT2D eigenvalue weighted by Crippen LogP contribution is -2.55. The number of hydrogen-bond donors (Lipinski definition) is 6. The summed E-state index contributed by atoms with van der Waals surface area (Å²) < 4.78 is 0. The standard InChI is InChI=1S/C30H33N5O7/c1-34(2)18-12-17(33-30(42)32-14-8-6-5-7-9-14)24(36)20-15(18)10-13-11-16-21(26(38)19(13)25(20)37)27(39)22(29(31)41)28(40)23(16)35(3)4/h5-9,12-13,16,21,23,36-37,40H,10-11H2,1-4H3,(H2,31,41)(H2,32,33,42)/t13-,16+,21?,23-/m0/s1. The zero-order chi connectivity index (χ0) is 30.6. The topological polar surface area (TPSA) is 186 Å². The molecule has 3 aliphatic rings. The fourth-order valence-corrected chi connectivity index (χ4v) is 6.61. The molecular formula is C30H33N5O7. The van der Waals surface area contributed by atoms with Crippen LogP contribution in [0.1, 0.15) is 17.5 Å². The number of nitrogens with two attached hydrogens (primary N) is 1. The van der Waals surface area contributed by atoms with Gasteiger partial charge in [-0.15, -0.1) is 0 Å². The number of aliphatic hydroxyl groups is 2. The SMILES string of the molecule is CN(C)c1cc(NC(=O)Nc2ccccc2)c(O)c2c1C[C@H]1C[C@@H]3C(C(=O)C(C(N)=O)=C(O)[C@H]3N(C)C)C(=O)C1=C2O. The van der Waals surface area contributed by atoms with E-state index in [4.69, 9.17) is 5.73 Å². The molecule has 5 rings (SSSR count). The number of allylic oxidation sites excluding steroid dienone is 1. The van der Waals surface area contributed by atoms with Crippen LogP contribution in [0.3, 0.4) is 0 Å². The molecule has 3 amide bonds. The Bertz CT molecular complexity index is 1580. The van der Waals surface area contributed by atoms with E-state index in [0.29, 0.717) is 16.9 Å². The Labute approximate surface area is 242 Å². The van der Waals surface area contributed by atoms with Crippen LogP contribution in [0, 0.1) is 17.8 Å². The van der Waals surface area contributed by atoms with E-state index in [1.807, 2.05) is 0 Å². The number of primary amides is 1. The van der Waals surface area contributed by atoms with Gasteiger partial charge >= 0.3 is 6.03 Å². The number of aromatic hydroxyl groups is 1. The predicted molar refractivity (Wildman–Crippen MR) is 156 cm³/mol. The number of anilines is 3. The van der Waals surface area contributed by atoms with E-state index in [-0.39, 0.29) is 29.7 Å². The minimum Gasteiger partial charge on any atom is -0.510 e. The van der Waals surface area contributed by atoms with Gasteiger partial charge in [-0.25, -0.2) is 4.79 Å². The van der Waals surface area contributed by atoms with Gasteiger partial charge in [0.15, 0.2) is 17.3 Å². The number of carbonyl (C=O) groups excluding carboxylic acids is 4. The summed E-state index contributed by atoms with van der Waals surface area (Å²) >= 11 is 0. The molecule has 0 saturated heterocycles. The molecule has 0 aliphatic heterocycles. The zero-order valence-corrected chi connectivity index (χ0v) is 23.6. The molecule has 4 atom stereocenters. The lowest BCUT2D eigenvalue weighted by molar-refractivity contribution is -0.136. The smallest absolute Gasteiger partial charge is 0.323 e. The number of nitrogens with zero attached hydrogens (tertiary/aromatic N) is 2. The highest BCUT2D eigenvalue weighted by Crippen LogP contribution is 2.53. The third-order valence-electron chi connectivity index (χ3n) is 8.30. The van der Waals surface area contributed by atoms with E-state index in [1.54, 1.807) is 74.4 Å². The van der Waals surface area contributed by atoms with Crippen molar-refractivity contribution in [3.8, 4) is 5.75 Å². The van der Waals surface area contributed by atoms with Crippen molar-refractivity contribution in [3.63, 3.8) is 0 Å². The number of para-hydroxylation sites is 1. The maximum atomic E-state index is 14.0. The van der Waals surface area contributed by atoms with Crippen molar-refractivity contribution in [2.45, 2.75) is 18.9 Å². The number of rotatable bonds is 5. The van der Waals surface area contributed by atoms with Crippen molar-refractivity contribution in [1.29, 1.82) is 0 Å². The molecule has 220 valence electrons. The fraction of sp³-hybridized carbons (Fsp3) is 0.333. The highest BCUT2D eigenvalue weighted by molar-refractivity contribution is 6.28. The number of urea groups is 1. The van der Waals surface area contributed by atoms with Gasteiger partial charge in [-0.2, -0.15) is 0 Å². The molecule has 0 heterocycles. The lowest BCUT2D eigenvalue weighted by Gasteiger charge is -2.46. The molecule has 42 heavy (non-hydrogen) atoms. The Morgan fingerprint density at radius 2 is 1.64 bits per heavy atom. The van der Waals surface area contributed by atoms with Crippen molar-refractivity contribution in [2.75, 3.05) is 43.7 Å². The maximum absolute atomic E-state index is 14.0. The number of Topliss-reactive ketones (excluding diaryl/α,β-unsaturated/α-hetero) is 2. The van der Waals surface area contributed by atoms with E-state index in [2.05, 4.69) is 10.6 Å². The first kappa shape index (κ1) is 28.7. The predicted octanol–water partition coefficient (Wildman–Crippen LogP) is 2.56. The van der Waals surface area contributed by atoms with Gasteiger partial charge < -0.3 is 36.6 Å². The maximum Gasteiger partial charge on any atom is 0.323 e. The summed E-state index contributed by atoms with van der Waals surface area (Å²) in [6, 6.07) is 8.84. The quantitative estimate of drug-likeness (QED) is 0.177. The first-order valence-corrected chi connectivity index (χ1v) is 13.4. The molecule has 3 aliphatic carbocycles. The Morgan fingerprint density at radius 3 is 2.24 bits per heavy atom. The first-order chi connectivity index (χ1) is 19.8. The fourth-order valence-electron chi connectivity index (χ4n) is 6.61. The minimum atomic E-state index is -1.35. The molecule has 2 aromatic carbocycles. The van der Waals surface area contributed by atoms with Gasteiger partial charge in [-0.1, -0.05) is 18.2 Å². The second-order valence-corrected chi connectivity index (χ2v) is 11.3. The average molecular weight is 576 g/mol. The number of phenols is 1. The molecule has 0 aromatic heterocycles. The van der Waals surface area contributed by atoms with Crippen molar-refractivity contribution >= 4 is 46.3 Å². The second kappa shape index (κ2) is 10.5. The Morgan fingerprint density at radius 1 is 0.976 bits per heavy atom. The van der Waals surface area contributed by atoms with Crippen molar-refractivity contribution in [1.82, 2.24) is 4.90 Å². The van der Waals surface area contributed by atoms with Crippen LogP contribution >= 0.6 is 0 Å². The first-order valence-electron chi connectivity index (χ1n) is 13.4. The highest BCUT2D eigenvalue weighted by Gasteiger charge is 2.56. The molecule has 0 radical (unpaired) electrons. The van der Waals surface area contributed by atoms with Crippen LogP contribution in [0.25, 0.3) is 5.76 Å². The molecule has 0 bridgehead atoms. The lowest BCUT2D eigenvalue weighted by atomic mass is 9.59. The summed E-state index contributed by atoms with van der Waals surface area (Å²) in [7, 11) is 6.88. The monoisotopic (exact) mass is 575 g/mol. The zero-order valence-electron chi connectivity index (χ0n) is 23.6. The molecule has 1 unspecified atom stereocenters. The van der Waals surface area contributed by atoms with Gasteiger partial charge in [-0.05, 0) is 62.5 Å².